The van der Waals surface area contributed by atoms with Crippen LogP contribution in [0.5, 0.6) is 0 Å². The van der Waals surface area contributed by atoms with E-state index in [2.05, 4.69) is 24.3 Å². The minimum Gasteiger partial charge on any atom is -0.312 e. The molecule has 0 aliphatic carbocycles. The van der Waals surface area contributed by atoms with Gasteiger partial charge in [0.15, 0.2) is 0 Å². The summed E-state index contributed by atoms with van der Waals surface area (Å²) in [5, 5.41) is 0. The lowest BCUT2D eigenvalue weighted by Crippen LogP contribution is -2.32. The Bertz CT molecular complexity index is 141. The molecule has 0 aliphatic heterocycles. The summed E-state index contributed by atoms with van der Waals surface area (Å²) in [5.41, 5.74) is 2.65. The second kappa shape index (κ2) is 6.00. The Hall–Kier alpha value is -0.570. The molecule has 72 valence electrons. The van der Waals surface area contributed by atoms with Crippen molar-refractivity contribution in [2.45, 2.75) is 46.6 Å². The molecule has 0 radical (unpaired) electrons. The van der Waals surface area contributed by atoms with E-state index in [-0.39, 0.29) is 0 Å². The van der Waals surface area contributed by atoms with Gasteiger partial charge >= 0.3 is 0 Å². The molecule has 0 fully saturated rings. The van der Waals surface area contributed by atoms with Crippen LogP contribution >= 0.6 is 0 Å². The number of hydrogen-bond acceptors (Lipinski definition) is 2. The van der Waals surface area contributed by atoms with E-state index in [1.54, 1.807) is 0 Å². The molecule has 0 heterocycles. The molecule has 0 aromatic heterocycles. The molecule has 3 nitrogen and oxygen atoms in total. The summed E-state index contributed by atoms with van der Waals surface area (Å²) in [6.45, 7) is 8.48. The molecule has 3 heteroatoms. The van der Waals surface area contributed by atoms with Gasteiger partial charge in [0.2, 0.25) is 0 Å². The number of rotatable bonds is 4. The molecular weight excluding hydrogens is 150 g/mol. The van der Waals surface area contributed by atoms with E-state index in [1.165, 1.54) is 6.42 Å². The van der Waals surface area contributed by atoms with Gasteiger partial charge in [-0.3, -0.25) is 4.99 Å². The third kappa shape index (κ3) is 5.13. The zero-order chi connectivity index (χ0) is 9.56. The molecule has 0 amide bonds. The van der Waals surface area contributed by atoms with Crippen LogP contribution in [0, 0.1) is 5.92 Å². The average molecular weight is 171 g/mol. The molecule has 0 saturated carbocycles. The van der Waals surface area contributed by atoms with E-state index in [0.29, 0.717) is 12.0 Å². The topological polar surface area (TPSA) is 50.4 Å². The van der Waals surface area contributed by atoms with Gasteiger partial charge in [-0.1, -0.05) is 20.3 Å². The van der Waals surface area contributed by atoms with Crippen LogP contribution in [0.1, 0.15) is 40.5 Å². The van der Waals surface area contributed by atoms with Crippen molar-refractivity contribution >= 4 is 5.84 Å². The maximum absolute atomic E-state index is 5.34. The van der Waals surface area contributed by atoms with Crippen LogP contribution in [0.4, 0.5) is 0 Å². The molecular formula is C9H21N3. The predicted octanol–water partition coefficient (Wildman–Crippen LogP) is 1.69. The summed E-state index contributed by atoms with van der Waals surface area (Å²) in [7, 11) is 0. The highest BCUT2D eigenvalue weighted by molar-refractivity contribution is 5.81. The van der Waals surface area contributed by atoms with E-state index in [4.69, 9.17) is 5.84 Å². The third-order valence-electron chi connectivity index (χ3n) is 1.82. The van der Waals surface area contributed by atoms with Gasteiger partial charge in [0.25, 0.3) is 0 Å². The summed E-state index contributed by atoms with van der Waals surface area (Å²) in [4.78, 5) is 4.36. The first-order chi connectivity index (χ1) is 5.60. The van der Waals surface area contributed by atoms with E-state index in [0.717, 1.165) is 12.3 Å². The fourth-order valence-electron chi connectivity index (χ4n) is 0.935. The first kappa shape index (κ1) is 11.4. The van der Waals surface area contributed by atoms with Crippen LogP contribution in [-0.2, 0) is 0 Å². The molecule has 0 rings (SSSR count). The van der Waals surface area contributed by atoms with E-state index in [1.807, 2.05) is 13.8 Å². The maximum Gasteiger partial charge on any atom is 0.111 e. The highest BCUT2D eigenvalue weighted by Crippen LogP contribution is 2.06. The van der Waals surface area contributed by atoms with Gasteiger partial charge < -0.3 is 5.43 Å². The van der Waals surface area contributed by atoms with Crippen molar-refractivity contribution in [2.75, 3.05) is 0 Å². The van der Waals surface area contributed by atoms with E-state index < -0.39 is 0 Å². The minimum absolute atomic E-state index is 0.320. The lowest BCUT2D eigenvalue weighted by Gasteiger charge is -2.11. The van der Waals surface area contributed by atoms with Crippen LogP contribution in [-0.4, -0.2) is 11.9 Å². The molecule has 0 aromatic rings. The third-order valence-corrected chi connectivity index (χ3v) is 1.82. The fourth-order valence-corrected chi connectivity index (χ4v) is 0.935. The lowest BCUT2D eigenvalue weighted by atomic mass is 10.0. The monoisotopic (exact) mass is 171 g/mol. The maximum atomic E-state index is 5.34. The number of hydrogen-bond donors (Lipinski definition) is 2. The summed E-state index contributed by atoms with van der Waals surface area (Å²) in [5.74, 6) is 6.91. The molecule has 1 atom stereocenters. The van der Waals surface area contributed by atoms with Crippen molar-refractivity contribution in [2.24, 2.45) is 16.8 Å². The number of nitrogens with zero attached hydrogens (tertiary/aromatic N) is 1. The number of nitrogens with one attached hydrogen (secondary N) is 1. The van der Waals surface area contributed by atoms with Crippen LogP contribution < -0.4 is 11.3 Å². The van der Waals surface area contributed by atoms with Crippen LogP contribution in [0.2, 0.25) is 0 Å². The number of aliphatic imine (C=N–C) groups is 1. The molecule has 0 aromatic carbocycles. The highest BCUT2D eigenvalue weighted by atomic mass is 15.2. The van der Waals surface area contributed by atoms with Crippen LogP contribution in [0.15, 0.2) is 4.99 Å². The molecule has 0 spiro atoms. The summed E-state index contributed by atoms with van der Waals surface area (Å²) in [6, 6.07) is 0.320. The highest BCUT2D eigenvalue weighted by Gasteiger charge is 2.04. The largest absolute Gasteiger partial charge is 0.312 e. The van der Waals surface area contributed by atoms with E-state index >= 15 is 0 Å². The zero-order valence-corrected chi connectivity index (χ0v) is 8.59. The van der Waals surface area contributed by atoms with Gasteiger partial charge in [-0.25, -0.2) is 5.84 Å². The first-order valence-electron chi connectivity index (χ1n) is 4.63. The fraction of sp³-hybridized carbons (Fsp3) is 0.889. The predicted molar refractivity (Wildman–Crippen MR) is 54.0 cm³/mol. The van der Waals surface area contributed by atoms with Crippen LogP contribution in [0.25, 0.3) is 0 Å². The number of hydrazine groups is 1. The summed E-state index contributed by atoms with van der Waals surface area (Å²) < 4.78 is 0. The van der Waals surface area contributed by atoms with Crippen molar-refractivity contribution in [1.29, 1.82) is 0 Å². The Labute approximate surface area is 75.4 Å². The second-order valence-corrected chi connectivity index (χ2v) is 3.53. The van der Waals surface area contributed by atoms with Gasteiger partial charge in [-0.2, -0.15) is 0 Å². The molecule has 1 unspecified atom stereocenters. The van der Waals surface area contributed by atoms with Gasteiger partial charge in [0, 0.05) is 12.5 Å². The Morgan fingerprint density at radius 1 is 1.42 bits per heavy atom. The SMILES string of the molecule is CCC(C)CC(=NC(C)C)NN. The van der Waals surface area contributed by atoms with Crippen molar-refractivity contribution < 1.29 is 0 Å². The number of amidine groups is 1. The van der Waals surface area contributed by atoms with Gasteiger partial charge in [0.1, 0.15) is 5.84 Å². The van der Waals surface area contributed by atoms with Crippen molar-refractivity contribution in [1.82, 2.24) is 5.43 Å². The van der Waals surface area contributed by atoms with Gasteiger partial charge in [0.05, 0.1) is 0 Å². The standard InChI is InChI=1S/C9H21N3/c1-5-8(4)6-9(12-10)11-7(2)3/h7-8H,5-6,10H2,1-4H3,(H,11,12). The quantitative estimate of drug-likeness (QED) is 0.293. The Kier molecular flexibility index (Phi) is 5.72. The Balaban J connectivity index is 3.99. The molecule has 12 heavy (non-hydrogen) atoms. The van der Waals surface area contributed by atoms with Crippen molar-refractivity contribution in [3.63, 3.8) is 0 Å². The smallest absolute Gasteiger partial charge is 0.111 e. The molecule has 0 bridgehead atoms. The second-order valence-electron chi connectivity index (χ2n) is 3.53. The van der Waals surface area contributed by atoms with Crippen molar-refractivity contribution in [3.05, 3.63) is 0 Å². The van der Waals surface area contributed by atoms with Gasteiger partial charge in [-0.05, 0) is 19.8 Å². The Morgan fingerprint density at radius 2 is 2.00 bits per heavy atom. The Morgan fingerprint density at radius 3 is 2.33 bits per heavy atom. The normalized spacial score (nSPS) is 15.0. The molecule has 0 saturated heterocycles. The lowest BCUT2D eigenvalue weighted by molar-refractivity contribution is 0.576. The minimum atomic E-state index is 0.320. The average Bonchev–Trinajstić information content (AvgIpc) is 2.02. The van der Waals surface area contributed by atoms with E-state index in [9.17, 15) is 0 Å². The summed E-state index contributed by atoms with van der Waals surface area (Å²) >= 11 is 0. The summed E-state index contributed by atoms with van der Waals surface area (Å²) in [6.07, 6.45) is 2.12. The van der Waals surface area contributed by atoms with Gasteiger partial charge in [-0.15, -0.1) is 0 Å². The zero-order valence-electron chi connectivity index (χ0n) is 8.59. The van der Waals surface area contributed by atoms with Crippen LogP contribution in [0.3, 0.4) is 0 Å². The first-order valence-corrected chi connectivity index (χ1v) is 4.63. The molecule has 0 aliphatic rings. The van der Waals surface area contributed by atoms with Crippen molar-refractivity contribution in [3.8, 4) is 0 Å². The number of nitrogens with two attached hydrogens (primary N) is 1. The molecule has 3 N–H and O–H groups in total.